The number of benzene rings is 1. The number of carboxylic acids is 2. The fourth-order valence-corrected chi connectivity index (χ4v) is 3.65. The summed E-state index contributed by atoms with van der Waals surface area (Å²) in [7, 11) is -3.41. The highest BCUT2D eigenvalue weighted by molar-refractivity contribution is 7.57. The van der Waals surface area contributed by atoms with Gasteiger partial charge in [0.25, 0.3) is 0 Å². The molecule has 0 aliphatic heterocycles. The van der Waals surface area contributed by atoms with Crippen molar-refractivity contribution in [2.24, 2.45) is 5.92 Å². The third kappa shape index (κ3) is 7.38. The minimum absolute atomic E-state index is 0.0190. The van der Waals surface area contributed by atoms with Gasteiger partial charge in [0.15, 0.2) is 0 Å². The van der Waals surface area contributed by atoms with Gasteiger partial charge in [-0.15, -0.1) is 0 Å². The SMILES string of the molecule is O=C(O)CCC(CCP(=O)(O)CCc1ccccc1)C(=O)O. The Labute approximate surface area is 129 Å². The molecule has 122 valence electrons. The molecule has 2 unspecified atom stereocenters. The molecule has 0 radical (unpaired) electrons. The third-order valence-corrected chi connectivity index (χ3v) is 5.35. The highest BCUT2D eigenvalue weighted by atomic mass is 31.2. The van der Waals surface area contributed by atoms with Gasteiger partial charge in [-0.05, 0) is 24.8 Å². The summed E-state index contributed by atoms with van der Waals surface area (Å²) in [6, 6.07) is 9.30. The summed E-state index contributed by atoms with van der Waals surface area (Å²) in [4.78, 5) is 31.5. The van der Waals surface area contributed by atoms with Crippen LogP contribution in [0.1, 0.15) is 24.8 Å². The topological polar surface area (TPSA) is 112 Å². The first-order valence-corrected chi connectivity index (χ1v) is 9.12. The molecule has 0 bridgehead atoms. The lowest BCUT2D eigenvalue weighted by atomic mass is 10.0. The summed E-state index contributed by atoms with van der Waals surface area (Å²) in [5.74, 6) is -3.08. The Morgan fingerprint density at radius 3 is 2.23 bits per heavy atom. The monoisotopic (exact) mass is 328 g/mol. The second-order valence-corrected chi connectivity index (χ2v) is 7.87. The quantitative estimate of drug-likeness (QED) is 0.569. The van der Waals surface area contributed by atoms with Gasteiger partial charge in [0, 0.05) is 18.7 Å². The summed E-state index contributed by atoms with van der Waals surface area (Å²) >= 11 is 0. The maximum Gasteiger partial charge on any atom is 0.306 e. The molecule has 1 rings (SSSR count). The Balaban J connectivity index is 2.46. The van der Waals surface area contributed by atoms with Crippen LogP contribution < -0.4 is 0 Å². The Hall–Kier alpha value is -1.65. The number of hydrogen-bond acceptors (Lipinski definition) is 3. The summed E-state index contributed by atoms with van der Waals surface area (Å²) in [6.07, 6.45) is 0.200. The second kappa shape index (κ2) is 8.71. The Morgan fingerprint density at radius 2 is 1.68 bits per heavy atom. The summed E-state index contributed by atoms with van der Waals surface area (Å²) in [6.45, 7) is 0. The first kappa shape index (κ1) is 18.4. The van der Waals surface area contributed by atoms with Gasteiger partial charge in [-0.25, -0.2) is 0 Å². The van der Waals surface area contributed by atoms with E-state index in [4.69, 9.17) is 10.2 Å². The minimum atomic E-state index is -3.41. The van der Waals surface area contributed by atoms with Gasteiger partial charge in [-0.3, -0.25) is 14.2 Å². The maximum atomic E-state index is 12.1. The molecule has 7 heteroatoms. The van der Waals surface area contributed by atoms with Crippen LogP contribution in [0.2, 0.25) is 0 Å². The van der Waals surface area contributed by atoms with Crippen LogP contribution >= 0.6 is 7.37 Å². The molecule has 0 saturated carbocycles. The van der Waals surface area contributed by atoms with Gasteiger partial charge >= 0.3 is 11.9 Å². The van der Waals surface area contributed by atoms with E-state index < -0.39 is 25.2 Å². The van der Waals surface area contributed by atoms with E-state index in [9.17, 15) is 19.0 Å². The number of rotatable bonds is 10. The molecule has 2 atom stereocenters. The molecule has 22 heavy (non-hydrogen) atoms. The first-order chi connectivity index (χ1) is 10.3. The average molecular weight is 328 g/mol. The number of hydrogen-bond donors (Lipinski definition) is 3. The summed E-state index contributed by atoms with van der Waals surface area (Å²) in [5, 5.41) is 17.6. The zero-order valence-electron chi connectivity index (χ0n) is 12.2. The van der Waals surface area contributed by atoms with E-state index in [2.05, 4.69) is 0 Å². The molecule has 0 spiro atoms. The van der Waals surface area contributed by atoms with Crippen molar-refractivity contribution < 1.29 is 29.3 Å². The van der Waals surface area contributed by atoms with Crippen LogP contribution in [0.15, 0.2) is 30.3 Å². The normalized spacial score (nSPS) is 15.0. The number of carboxylic acid groups (broad SMARTS) is 2. The van der Waals surface area contributed by atoms with E-state index >= 15 is 0 Å². The van der Waals surface area contributed by atoms with Crippen molar-refractivity contribution in [3.63, 3.8) is 0 Å². The molecule has 1 aromatic carbocycles. The molecular weight excluding hydrogens is 307 g/mol. The number of carbonyl (C=O) groups is 2. The van der Waals surface area contributed by atoms with Crippen LogP contribution in [-0.2, 0) is 20.6 Å². The first-order valence-electron chi connectivity index (χ1n) is 7.09. The van der Waals surface area contributed by atoms with Crippen molar-refractivity contribution in [3.8, 4) is 0 Å². The number of aliphatic carboxylic acids is 2. The van der Waals surface area contributed by atoms with Gasteiger partial charge < -0.3 is 15.1 Å². The van der Waals surface area contributed by atoms with Gasteiger partial charge in [0.2, 0.25) is 7.37 Å². The van der Waals surface area contributed by atoms with E-state index in [0.29, 0.717) is 6.42 Å². The Kier molecular flexibility index (Phi) is 7.28. The van der Waals surface area contributed by atoms with Crippen LogP contribution in [0.3, 0.4) is 0 Å². The summed E-state index contributed by atoms with van der Waals surface area (Å²) in [5.41, 5.74) is 0.956. The van der Waals surface area contributed by atoms with Gasteiger partial charge in [0.05, 0.1) is 5.92 Å². The number of aryl methyl sites for hydroxylation is 1. The molecule has 0 aliphatic rings. The molecular formula is C15H21O6P. The lowest BCUT2D eigenvalue weighted by Gasteiger charge is -2.15. The molecule has 0 heterocycles. The van der Waals surface area contributed by atoms with Crippen molar-refractivity contribution in [3.05, 3.63) is 35.9 Å². The van der Waals surface area contributed by atoms with E-state index in [-0.39, 0.29) is 31.6 Å². The van der Waals surface area contributed by atoms with E-state index in [1.54, 1.807) is 0 Å². The van der Waals surface area contributed by atoms with Crippen LogP contribution in [0.25, 0.3) is 0 Å². The van der Waals surface area contributed by atoms with Crippen molar-refractivity contribution in [1.82, 2.24) is 0 Å². The van der Waals surface area contributed by atoms with Gasteiger partial charge in [-0.2, -0.15) is 0 Å². The largest absolute Gasteiger partial charge is 0.481 e. The van der Waals surface area contributed by atoms with E-state index in [0.717, 1.165) is 5.56 Å². The molecule has 3 N–H and O–H groups in total. The average Bonchev–Trinajstić information content (AvgIpc) is 2.45. The fourth-order valence-electron chi connectivity index (χ4n) is 2.11. The van der Waals surface area contributed by atoms with Crippen molar-refractivity contribution in [1.29, 1.82) is 0 Å². The van der Waals surface area contributed by atoms with Gasteiger partial charge in [-0.1, -0.05) is 30.3 Å². The van der Waals surface area contributed by atoms with Crippen molar-refractivity contribution >= 4 is 19.3 Å². The van der Waals surface area contributed by atoms with Crippen LogP contribution in [0.4, 0.5) is 0 Å². The molecule has 6 nitrogen and oxygen atoms in total. The molecule has 0 aromatic heterocycles. The molecule has 1 aromatic rings. The second-order valence-electron chi connectivity index (χ2n) is 5.29. The lowest BCUT2D eigenvalue weighted by Crippen LogP contribution is -2.17. The molecule has 0 saturated heterocycles. The lowest BCUT2D eigenvalue weighted by molar-refractivity contribution is -0.143. The highest BCUT2D eigenvalue weighted by Gasteiger charge is 2.24. The molecule has 0 amide bonds. The molecule has 0 aliphatic carbocycles. The Bertz CT molecular complexity index is 542. The van der Waals surface area contributed by atoms with Crippen LogP contribution in [0, 0.1) is 5.92 Å². The molecule has 0 fully saturated rings. The minimum Gasteiger partial charge on any atom is -0.481 e. The van der Waals surface area contributed by atoms with Crippen LogP contribution in [-0.4, -0.2) is 39.4 Å². The van der Waals surface area contributed by atoms with E-state index in [1.807, 2.05) is 30.3 Å². The van der Waals surface area contributed by atoms with Crippen molar-refractivity contribution in [2.75, 3.05) is 12.3 Å². The van der Waals surface area contributed by atoms with Gasteiger partial charge in [0.1, 0.15) is 0 Å². The zero-order valence-corrected chi connectivity index (χ0v) is 13.1. The zero-order chi connectivity index (χ0) is 16.6. The fraction of sp³-hybridized carbons (Fsp3) is 0.467. The van der Waals surface area contributed by atoms with Crippen LogP contribution in [0.5, 0.6) is 0 Å². The van der Waals surface area contributed by atoms with Crippen molar-refractivity contribution in [2.45, 2.75) is 25.7 Å². The highest BCUT2D eigenvalue weighted by Crippen LogP contribution is 2.42. The summed E-state index contributed by atoms with van der Waals surface area (Å²) < 4.78 is 12.1. The predicted octanol–water partition coefficient (Wildman–Crippen LogP) is 2.46. The standard InChI is InChI=1S/C15H21O6P/c16-14(17)7-6-13(15(18)19)9-11-22(20,21)10-8-12-4-2-1-3-5-12/h1-5,13H,6-11H2,(H,16,17)(H,18,19)(H,20,21). The van der Waals surface area contributed by atoms with E-state index in [1.165, 1.54) is 0 Å². The predicted molar refractivity (Wildman–Crippen MR) is 82.3 cm³/mol. The smallest absolute Gasteiger partial charge is 0.306 e. The maximum absolute atomic E-state index is 12.1. The third-order valence-electron chi connectivity index (χ3n) is 3.48. The Morgan fingerprint density at radius 1 is 1.05 bits per heavy atom.